The number of hydrogen-bond donors (Lipinski definition) is 1. The van der Waals surface area contributed by atoms with Crippen molar-refractivity contribution in [1.29, 1.82) is 0 Å². The lowest BCUT2D eigenvalue weighted by molar-refractivity contribution is -0.141. The van der Waals surface area contributed by atoms with E-state index in [0.717, 1.165) is 4.68 Å². The summed E-state index contributed by atoms with van der Waals surface area (Å²) >= 11 is 0. The van der Waals surface area contributed by atoms with Gasteiger partial charge in [0.2, 0.25) is 0 Å². The predicted molar refractivity (Wildman–Crippen MR) is 54.5 cm³/mol. The summed E-state index contributed by atoms with van der Waals surface area (Å²) in [5, 5.41) is 7.40. The highest BCUT2D eigenvalue weighted by atomic mass is 19.4. The first kappa shape index (κ1) is 11.5. The van der Waals surface area contributed by atoms with Crippen molar-refractivity contribution in [1.82, 2.24) is 19.6 Å². The lowest BCUT2D eigenvalue weighted by Gasteiger charge is -2.01. The van der Waals surface area contributed by atoms with Gasteiger partial charge in [0.05, 0.1) is 0 Å². The molecular weight excluding hydrogens is 235 g/mol. The molecule has 92 valence electrons. The molecule has 2 aromatic heterocycles. The fourth-order valence-corrected chi connectivity index (χ4v) is 1.47. The molecule has 0 spiro atoms. The Balaban J connectivity index is 2.58. The number of nitrogen functional groups attached to an aromatic ring is 1. The van der Waals surface area contributed by atoms with Gasteiger partial charge in [0, 0.05) is 24.9 Å². The third-order valence-corrected chi connectivity index (χ3v) is 2.35. The van der Waals surface area contributed by atoms with E-state index in [1.165, 1.54) is 17.7 Å². The number of nitrogens with zero attached hydrogens (tertiary/aromatic N) is 4. The van der Waals surface area contributed by atoms with Gasteiger partial charge in [-0.25, -0.2) is 0 Å². The van der Waals surface area contributed by atoms with E-state index >= 15 is 0 Å². The van der Waals surface area contributed by atoms with Crippen molar-refractivity contribution in [3.63, 3.8) is 0 Å². The molecule has 2 rings (SSSR count). The highest BCUT2D eigenvalue weighted by molar-refractivity contribution is 5.47. The van der Waals surface area contributed by atoms with Crippen LogP contribution in [0.5, 0.6) is 0 Å². The molecule has 0 saturated heterocycles. The molecule has 0 aliphatic rings. The zero-order chi connectivity index (χ0) is 12.8. The molecule has 0 amide bonds. The molecule has 2 aromatic rings. The van der Waals surface area contributed by atoms with Gasteiger partial charge in [0.25, 0.3) is 0 Å². The van der Waals surface area contributed by atoms with Crippen LogP contribution in [0.4, 0.5) is 19.0 Å². The normalized spacial score (nSPS) is 12.1. The summed E-state index contributed by atoms with van der Waals surface area (Å²) in [7, 11) is 1.65. The van der Waals surface area contributed by atoms with Crippen LogP contribution >= 0.6 is 0 Å². The monoisotopic (exact) mass is 245 g/mol. The SMILES string of the molecule is Cc1c(C(F)(F)F)nn(-c2ccn(C)n2)c1N. The Hall–Kier alpha value is -1.99. The van der Waals surface area contributed by atoms with Gasteiger partial charge in [-0.15, -0.1) is 0 Å². The fraction of sp³-hybridized carbons (Fsp3) is 0.333. The first-order valence-corrected chi connectivity index (χ1v) is 4.73. The van der Waals surface area contributed by atoms with Gasteiger partial charge in [0.1, 0.15) is 5.82 Å². The summed E-state index contributed by atoms with van der Waals surface area (Å²) in [5.41, 5.74) is 4.51. The number of aromatic nitrogens is 4. The van der Waals surface area contributed by atoms with Crippen LogP contribution in [0.25, 0.3) is 5.82 Å². The van der Waals surface area contributed by atoms with Crippen molar-refractivity contribution in [3.05, 3.63) is 23.5 Å². The summed E-state index contributed by atoms with van der Waals surface area (Å²) in [6, 6.07) is 1.53. The lowest BCUT2D eigenvalue weighted by atomic mass is 10.2. The Bertz CT molecular complexity index is 551. The molecule has 0 fully saturated rings. The van der Waals surface area contributed by atoms with Gasteiger partial charge in [-0.1, -0.05) is 0 Å². The summed E-state index contributed by atoms with van der Waals surface area (Å²) in [6.45, 7) is 1.28. The largest absolute Gasteiger partial charge is 0.435 e. The van der Waals surface area contributed by atoms with Crippen molar-refractivity contribution < 1.29 is 13.2 Å². The first-order valence-electron chi connectivity index (χ1n) is 4.73. The molecule has 0 unspecified atom stereocenters. The zero-order valence-electron chi connectivity index (χ0n) is 9.15. The highest BCUT2D eigenvalue weighted by Gasteiger charge is 2.37. The second kappa shape index (κ2) is 3.51. The quantitative estimate of drug-likeness (QED) is 0.828. The van der Waals surface area contributed by atoms with E-state index in [1.807, 2.05) is 0 Å². The fourth-order valence-electron chi connectivity index (χ4n) is 1.47. The average molecular weight is 245 g/mol. The number of aryl methyl sites for hydroxylation is 1. The number of nitrogens with two attached hydrogens (primary N) is 1. The van der Waals surface area contributed by atoms with E-state index in [4.69, 9.17) is 5.73 Å². The number of alkyl halides is 3. The second-order valence-corrected chi connectivity index (χ2v) is 3.62. The molecule has 0 atom stereocenters. The lowest BCUT2D eigenvalue weighted by Crippen LogP contribution is -2.09. The van der Waals surface area contributed by atoms with Crippen LogP contribution in [0.2, 0.25) is 0 Å². The van der Waals surface area contributed by atoms with Crippen molar-refractivity contribution >= 4 is 5.82 Å². The number of hydrogen-bond acceptors (Lipinski definition) is 3. The molecule has 0 aromatic carbocycles. The van der Waals surface area contributed by atoms with Gasteiger partial charge in [0.15, 0.2) is 11.5 Å². The minimum atomic E-state index is -4.52. The first-order chi connectivity index (χ1) is 7.80. The van der Waals surface area contributed by atoms with Gasteiger partial charge in [-0.3, -0.25) is 4.68 Å². The third kappa shape index (κ3) is 1.85. The van der Waals surface area contributed by atoms with E-state index in [2.05, 4.69) is 10.2 Å². The average Bonchev–Trinajstić information content (AvgIpc) is 2.73. The number of anilines is 1. The van der Waals surface area contributed by atoms with Gasteiger partial charge in [-0.2, -0.15) is 28.1 Å². The van der Waals surface area contributed by atoms with Crippen LogP contribution in [-0.2, 0) is 13.2 Å². The maximum Gasteiger partial charge on any atom is 0.435 e. The second-order valence-electron chi connectivity index (χ2n) is 3.62. The van der Waals surface area contributed by atoms with Gasteiger partial charge < -0.3 is 5.73 Å². The Morgan fingerprint density at radius 3 is 2.35 bits per heavy atom. The van der Waals surface area contributed by atoms with E-state index < -0.39 is 11.9 Å². The van der Waals surface area contributed by atoms with E-state index in [1.54, 1.807) is 13.2 Å². The molecule has 8 heteroatoms. The van der Waals surface area contributed by atoms with Crippen molar-refractivity contribution in [2.24, 2.45) is 7.05 Å². The number of rotatable bonds is 1. The van der Waals surface area contributed by atoms with Gasteiger partial charge in [-0.05, 0) is 6.92 Å². The Morgan fingerprint density at radius 2 is 1.94 bits per heavy atom. The third-order valence-electron chi connectivity index (χ3n) is 2.35. The topological polar surface area (TPSA) is 61.7 Å². The van der Waals surface area contributed by atoms with Crippen LogP contribution in [0.1, 0.15) is 11.3 Å². The molecule has 0 aliphatic carbocycles. The van der Waals surface area contributed by atoms with E-state index in [-0.39, 0.29) is 17.2 Å². The number of halogens is 3. The molecule has 0 saturated carbocycles. The maximum atomic E-state index is 12.6. The van der Waals surface area contributed by atoms with Crippen LogP contribution in [0, 0.1) is 6.92 Å². The minimum absolute atomic E-state index is 0.0592. The van der Waals surface area contributed by atoms with Crippen molar-refractivity contribution in [3.8, 4) is 5.82 Å². The van der Waals surface area contributed by atoms with Gasteiger partial charge >= 0.3 is 6.18 Å². The summed E-state index contributed by atoms with van der Waals surface area (Å²) in [6.07, 6.45) is -2.92. The molecule has 17 heavy (non-hydrogen) atoms. The molecular formula is C9H10F3N5. The Kier molecular flexibility index (Phi) is 2.37. The van der Waals surface area contributed by atoms with Crippen LogP contribution in [-0.4, -0.2) is 19.6 Å². The standard InChI is InChI=1S/C9H10F3N5/c1-5-7(9(10,11)12)15-17(8(5)13)6-3-4-16(2)14-6/h3-4H,13H2,1-2H3. The van der Waals surface area contributed by atoms with Crippen LogP contribution < -0.4 is 5.73 Å². The van der Waals surface area contributed by atoms with E-state index in [9.17, 15) is 13.2 Å². The molecule has 2 heterocycles. The summed E-state index contributed by atoms with van der Waals surface area (Å²) < 4.78 is 40.3. The van der Waals surface area contributed by atoms with Crippen molar-refractivity contribution in [2.75, 3.05) is 5.73 Å². The Morgan fingerprint density at radius 1 is 1.29 bits per heavy atom. The summed E-state index contributed by atoms with van der Waals surface area (Å²) in [4.78, 5) is 0. The highest BCUT2D eigenvalue weighted by Crippen LogP contribution is 2.33. The molecule has 0 bridgehead atoms. The molecule has 2 N–H and O–H groups in total. The smallest absolute Gasteiger partial charge is 0.383 e. The van der Waals surface area contributed by atoms with Crippen LogP contribution in [0.15, 0.2) is 12.3 Å². The van der Waals surface area contributed by atoms with E-state index in [0.29, 0.717) is 0 Å². The summed E-state index contributed by atoms with van der Waals surface area (Å²) in [5.74, 6) is 0.194. The van der Waals surface area contributed by atoms with Crippen molar-refractivity contribution in [2.45, 2.75) is 13.1 Å². The maximum absolute atomic E-state index is 12.6. The predicted octanol–water partition coefficient (Wildman–Crippen LogP) is 1.52. The molecule has 0 radical (unpaired) electrons. The Labute approximate surface area is 94.6 Å². The zero-order valence-corrected chi connectivity index (χ0v) is 9.15. The minimum Gasteiger partial charge on any atom is -0.383 e. The molecule has 5 nitrogen and oxygen atoms in total. The van der Waals surface area contributed by atoms with Crippen LogP contribution in [0.3, 0.4) is 0 Å². The molecule has 0 aliphatic heterocycles.